The van der Waals surface area contributed by atoms with Gasteiger partial charge >= 0.3 is 0 Å². The van der Waals surface area contributed by atoms with Crippen molar-refractivity contribution in [2.45, 2.75) is 33.0 Å². The molecule has 0 atom stereocenters. The number of para-hydroxylation sites is 1. The van der Waals surface area contributed by atoms with E-state index in [0.717, 1.165) is 23.4 Å². The first-order chi connectivity index (χ1) is 10.2. The number of hydrogen-bond donors (Lipinski definition) is 1. The average Bonchev–Trinajstić information content (AvgIpc) is 2.52. The Balaban J connectivity index is 2.04. The summed E-state index contributed by atoms with van der Waals surface area (Å²) in [4.78, 5) is 0. The van der Waals surface area contributed by atoms with Crippen LogP contribution in [0.4, 0.5) is 0 Å². The van der Waals surface area contributed by atoms with E-state index in [4.69, 9.17) is 10.00 Å². The lowest BCUT2D eigenvalue weighted by Gasteiger charge is -2.13. The van der Waals surface area contributed by atoms with Gasteiger partial charge in [0, 0.05) is 18.2 Å². The molecule has 2 aromatic rings. The van der Waals surface area contributed by atoms with Gasteiger partial charge in [-0.2, -0.15) is 5.26 Å². The van der Waals surface area contributed by atoms with Crippen molar-refractivity contribution in [1.82, 2.24) is 5.32 Å². The second-order valence-corrected chi connectivity index (χ2v) is 5.24. The second-order valence-electron chi connectivity index (χ2n) is 5.24. The van der Waals surface area contributed by atoms with E-state index in [9.17, 15) is 0 Å². The molecule has 21 heavy (non-hydrogen) atoms. The third-order valence-electron chi connectivity index (χ3n) is 3.12. The van der Waals surface area contributed by atoms with Gasteiger partial charge in [-0.25, -0.2) is 0 Å². The average molecular weight is 280 g/mol. The minimum absolute atomic E-state index is 0.436. The monoisotopic (exact) mass is 280 g/mol. The van der Waals surface area contributed by atoms with Gasteiger partial charge in [-0.3, -0.25) is 0 Å². The Labute approximate surface area is 126 Å². The molecule has 1 N–H and O–H groups in total. The molecule has 108 valence electrons. The fraction of sp³-hybridized carbons (Fsp3) is 0.278. The lowest BCUT2D eigenvalue weighted by molar-refractivity contribution is 0.301. The van der Waals surface area contributed by atoms with E-state index in [2.05, 4.69) is 31.3 Å². The Morgan fingerprint density at radius 3 is 2.71 bits per heavy atom. The van der Waals surface area contributed by atoms with Gasteiger partial charge in [-0.1, -0.05) is 44.2 Å². The zero-order valence-corrected chi connectivity index (χ0v) is 12.5. The lowest BCUT2D eigenvalue weighted by atomic mass is 10.1. The molecule has 3 nitrogen and oxygen atoms in total. The number of hydrogen-bond acceptors (Lipinski definition) is 3. The van der Waals surface area contributed by atoms with Gasteiger partial charge in [-0.05, 0) is 23.8 Å². The Morgan fingerprint density at radius 2 is 1.95 bits per heavy atom. The molecule has 0 heterocycles. The largest absolute Gasteiger partial charge is 0.489 e. The van der Waals surface area contributed by atoms with Crippen molar-refractivity contribution in [1.29, 1.82) is 5.26 Å². The van der Waals surface area contributed by atoms with Crippen LogP contribution in [-0.2, 0) is 13.2 Å². The van der Waals surface area contributed by atoms with E-state index in [1.54, 1.807) is 6.07 Å². The van der Waals surface area contributed by atoms with Crippen LogP contribution in [0.2, 0.25) is 0 Å². The molecule has 0 spiro atoms. The predicted octanol–water partition coefficient (Wildman–Crippen LogP) is 3.64. The number of rotatable bonds is 6. The molecular weight excluding hydrogens is 260 g/mol. The van der Waals surface area contributed by atoms with Crippen molar-refractivity contribution in [3.8, 4) is 11.8 Å². The summed E-state index contributed by atoms with van der Waals surface area (Å²) in [6.45, 7) is 5.49. The first kappa shape index (κ1) is 15.1. The van der Waals surface area contributed by atoms with Crippen molar-refractivity contribution >= 4 is 0 Å². The smallest absolute Gasteiger partial charge is 0.124 e. The molecule has 2 rings (SSSR count). The summed E-state index contributed by atoms with van der Waals surface area (Å²) in [6, 6.07) is 18.1. The van der Waals surface area contributed by atoms with E-state index in [0.29, 0.717) is 18.2 Å². The second kappa shape index (κ2) is 7.47. The van der Waals surface area contributed by atoms with Crippen LogP contribution in [0.25, 0.3) is 0 Å². The molecule has 3 heteroatoms. The lowest BCUT2D eigenvalue weighted by Crippen LogP contribution is -2.22. The van der Waals surface area contributed by atoms with Crippen LogP contribution >= 0.6 is 0 Å². The molecule has 0 aliphatic rings. The quantitative estimate of drug-likeness (QED) is 0.878. The van der Waals surface area contributed by atoms with Crippen LogP contribution < -0.4 is 10.1 Å². The molecule has 0 aliphatic carbocycles. The van der Waals surface area contributed by atoms with E-state index in [-0.39, 0.29) is 0 Å². The van der Waals surface area contributed by atoms with Crippen LogP contribution in [0.5, 0.6) is 5.75 Å². The molecule has 2 aromatic carbocycles. The van der Waals surface area contributed by atoms with Gasteiger partial charge in [0.1, 0.15) is 12.4 Å². The van der Waals surface area contributed by atoms with Crippen molar-refractivity contribution in [3.05, 3.63) is 65.2 Å². The van der Waals surface area contributed by atoms with Gasteiger partial charge in [0.2, 0.25) is 0 Å². The standard InChI is InChI=1S/C18H20N2O/c1-14(2)20-12-17-8-3-4-9-18(17)21-13-16-7-5-6-15(10-16)11-19/h3-10,14,20H,12-13H2,1-2H3. The SMILES string of the molecule is CC(C)NCc1ccccc1OCc1cccc(C#N)c1. The van der Waals surface area contributed by atoms with E-state index in [1.165, 1.54) is 0 Å². The Bertz CT molecular complexity index is 629. The molecule has 0 aliphatic heterocycles. The summed E-state index contributed by atoms with van der Waals surface area (Å²) in [6.07, 6.45) is 0. The zero-order chi connectivity index (χ0) is 15.1. The highest BCUT2D eigenvalue weighted by Crippen LogP contribution is 2.19. The Hall–Kier alpha value is -2.31. The summed E-state index contributed by atoms with van der Waals surface area (Å²) in [7, 11) is 0. The van der Waals surface area contributed by atoms with Gasteiger partial charge in [0.05, 0.1) is 11.6 Å². The molecule has 0 bridgehead atoms. The Morgan fingerprint density at radius 1 is 1.14 bits per heavy atom. The van der Waals surface area contributed by atoms with Gasteiger partial charge in [0.25, 0.3) is 0 Å². The van der Waals surface area contributed by atoms with Crippen LogP contribution in [-0.4, -0.2) is 6.04 Å². The molecule has 0 unspecified atom stereocenters. The van der Waals surface area contributed by atoms with Crippen molar-refractivity contribution < 1.29 is 4.74 Å². The summed E-state index contributed by atoms with van der Waals surface area (Å²) in [5, 5.41) is 12.3. The summed E-state index contributed by atoms with van der Waals surface area (Å²) >= 11 is 0. The maximum Gasteiger partial charge on any atom is 0.124 e. The predicted molar refractivity (Wildman–Crippen MR) is 83.9 cm³/mol. The molecule has 0 saturated carbocycles. The molecule has 0 saturated heterocycles. The van der Waals surface area contributed by atoms with Gasteiger partial charge in [-0.15, -0.1) is 0 Å². The van der Waals surface area contributed by atoms with E-state index >= 15 is 0 Å². The molecule has 0 amide bonds. The summed E-state index contributed by atoms with van der Waals surface area (Å²) < 4.78 is 5.91. The van der Waals surface area contributed by atoms with Crippen LogP contribution in [0.15, 0.2) is 48.5 Å². The van der Waals surface area contributed by atoms with Gasteiger partial charge < -0.3 is 10.1 Å². The van der Waals surface area contributed by atoms with Crippen molar-refractivity contribution in [2.75, 3.05) is 0 Å². The van der Waals surface area contributed by atoms with Crippen LogP contribution in [0.1, 0.15) is 30.5 Å². The third kappa shape index (κ3) is 4.62. The fourth-order valence-corrected chi connectivity index (χ4v) is 2.00. The summed E-state index contributed by atoms with van der Waals surface area (Å²) in [5.74, 6) is 0.882. The molecular formula is C18H20N2O. The number of nitrogens with one attached hydrogen (secondary N) is 1. The maximum atomic E-state index is 8.91. The zero-order valence-electron chi connectivity index (χ0n) is 12.5. The highest BCUT2D eigenvalue weighted by atomic mass is 16.5. The normalized spacial score (nSPS) is 10.4. The number of ether oxygens (including phenoxy) is 1. The van der Waals surface area contributed by atoms with E-state index < -0.39 is 0 Å². The van der Waals surface area contributed by atoms with Gasteiger partial charge in [0.15, 0.2) is 0 Å². The maximum absolute atomic E-state index is 8.91. The fourth-order valence-electron chi connectivity index (χ4n) is 2.00. The number of nitrogens with zero attached hydrogens (tertiary/aromatic N) is 1. The summed E-state index contributed by atoms with van der Waals surface area (Å²) in [5.41, 5.74) is 2.80. The topological polar surface area (TPSA) is 45.0 Å². The van der Waals surface area contributed by atoms with E-state index in [1.807, 2.05) is 36.4 Å². The first-order valence-corrected chi connectivity index (χ1v) is 7.12. The van der Waals surface area contributed by atoms with Crippen molar-refractivity contribution in [3.63, 3.8) is 0 Å². The Kier molecular flexibility index (Phi) is 5.36. The minimum Gasteiger partial charge on any atom is -0.489 e. The highest BCUT2D eigenvalue weighted by Gasteiger charge is 2.04. The van der Waals surface area contributed by atoms with Crippen LogP contribution in [0.3, 0.4) is 0 Å². The molecule has 0 fully saturated rings. The number of nitriles is 1. The van der Waals surface area contributed by atoms with Crippen molar-refractivity contribution in [2.24, 2.45) is 0 Å². The molecule has 0 radical (unpaired) electrons. The minimum atomic E-state index is 0.436. The third-order valence-corrected chi connectivity index (χ3v) is 3.12. The molecule has 0 aromatic heterocycles. The van der Waals surface area contributed by atoms with Crippen LogP contribution in [0, 0.1) is 11.3 Å². The first-order valence-electron chi connectivity index (χ1n) is 7.12. The highest BCUT2D eigenvalue weighted by molar-refractivity contribution is 5.35. The number of benzene rings is 2.